The van der Waals surface area contributed by atoms with E-state index in [-0.39, 0.29) is 0 Å². The quantitative estimate of drug-likeness (QED) is 0.649. The first kappa shape index (κ1) is 13.2. The molecule has 0 N–H and O–H groups in total. The number of hydrogen-bond donors (Lipinski definition) is 0. The maximum Gasteiger partial charge on any atom is 0.142 e. The van der Waals surface area contributed by atoms with Crippen LogP contribution in [-0.2, 0) is 7.05 Å². The fraction of sp³-hybridized carbons (Fsp3) is 0.0667. The molecular weight excluding hydrogens is 338 g/mol. The number of nitrogens with zero attached hydrogens (tertiary/aromatic N) is 3. The number of benzene rings is 2. The average molecular weight is 347 g/mol. The molecule has 3 rings (SSSR count). The Kier molecular flexibility index (Phi) is 3.25. The second-order valence-electron chi connectivity index (χ2n) is 4.41. The minimum absolute atomic E-state index is 0.618. The summed E-state index contributed by atoms with van der Waals surface area (Å²) in [6.07, 6.45) is 0. The zero-order chi connectivity index (χ0) is 14.3. The van der Waals surface area contributed by atoms with Crippen molar-refractivity contribution < 1.29 is 0 Å². The Balaban J connectivity index is 2.30. The molecule has 0 saturated carbocycles. The number of hydrogen-bond acceptors (Lipinski definition) is 2. The van der Waals surface area contributed by atoms with Crippen LogP contribution >= 0.6 is 27.5 Å². The Bertz CT molecular complexity index is 861. The number of nitriles is 1. The molecule has 3 aromatic rings. The van der Waals surface area contributed by atoms with Crippen molar-refractivity contribution in [3.63, 3.8) is 0 Å². The topological polar surface area (TPSA) is 41.6 Å². The molecule has 0 aliphatic rings. The SMILES string of the molecule is Cn1c(-c2cccc(Br)c2Cl)nc2ccc(C#N)cc21. The second-order valence-corrected chi connectivity index (χ2v) is 5.64. The first-order valence-corrected chi connectivity index (χ1v) is 7.10. The largest absolute Gasteiger partial charge is 0.327 e. The molecule has 0 saturated heterocycles. The lowest BCUT2D eigenvalue weighted by Gasteiger charge is -2.06. The summed E-state index contributed by atoms with van der Waals surface area (Å²) in [7, 11) is 1.92. The Morgan fingerprint density at radius 1 is 1.30 bits per heavy atom. The Morgan fingerprint density at radius 3 is 2.85 bits per heavy atom. The van der Waals surface area contributed by atoms with Gasteiger partial charge in [-0.05, 0) is 46.3 Å². The van der Waals surface area contributed by atoms with Gasteiger partial charge in [0.1, 0.15) is 5.82 Å². The third kappa shape index (κ3) is 2.00. The number of fused-ring (bicyclic) bond motifs is 1. The molecule has 20 heavy (non-hydrogen) atoms. The van der Waals surface area contributed by atoms with Gasteiger partial charge in [0, 0.05) is 17.1 Å². The smallest absolute Gasteiger partial charge is 0.142 e. The van der Waals surface area contributed by atoms with Crippen LogP contribution in [0.4, 0.5) is 0 Å². The van der Waals surface area contributed by atoms with Gasteiger partial charge in [0.25, 0.3) is 0 Å². The van der Waals surface area contributed by atoms with Gasteiger partial charge < -0.3 is 4.57 Å². The van der Waals surface area contributed by atoms with Gasteiger partial charge in [-0.15, -0.1) is 0 Å². The summed E-state index contributed by atoms with van der Waals surface area (Å²) in [6, 6.07) is 13.3. The highest BCUT2D eigenvalue weighted by Crippen LogP contribution is 2.34. The fourth-order valence-corrected chi connectivity index (χ4v) is 2.75. The van der Waals surface area contributed by atoms with E-state index < -0.39 is 0 Å². The van der Waals surface area contributed by atoms with Gasteiger partial charge in [0.05, 0.1) is 27.7 Å². The van der Waals surface area contributed by atoms with E-state index >= 15 is 0 Å². The summed E-state index contributed by atoms with van der Waals surface area (Å²) in [5.74, 6) is 0.779. The van der Waals surface area contributed by atoms with Crippen LogP contribution in [0.25, 0.3) is 22.4 Å². The highest BCUT2D eigenvalue weighted by atomic mass is 79.9. The van der Waals surface area contributed by atoms with E-state index in [2.05, 4.69) is 27.0 Å². The van der Waals surface area contributed by atoms with Crippen LogP contribution in [0.2, 0.25) is 5.02 Å². The lowest BCUT2D eigenvalue weighted by atomic mass is 10.2. The maximum atomic E-state index is 8.99. The van der Waals surface area contributed by atoms with E-state index in [9.17, 15) is 0 Å². The number of rotatable bonds is 1. The lowest BCUT2D eigenvalue weighted by Crippen LogP contribution is -1.93. The third-order valence-electron chi connectivity index (χ3n) is 3.20. The van der Waals surface area contributed by atoms with Crippen LogP contribution in [0.3, 0.4) is 0 Å². The van der Waals surface area contributed by atoms with Crippen LogP contribution in [0.15, 0.2) is 40.9 Å². The molecule has 0 atom stereocenters. The van der Waals surface area contributed by atoms with Crippen molar-refractivity contribution in [1.29, 1.82) is 5.26 Å². The van der Waals surface area contributed by atoms with E-state index in [1.807, 2.05) is 41.9 Å². The zero-order valence-electron chi connectivity index (χ0n) is 10.6. The second kappa shape index (κ2) is 4.93. The van der Waals surface area contributed by atoms with Crippen molar-refractivity contribution in [2.75, 3.05) is 0 Å². The van der Waals surface area contributed by atoms with Crippen LogP contribution in [-0.4, -0.2) is 9.55 Å². The Labute approximate surface area is 129 Å². The predicted octanol–water partition coefficient (Wildman–Crippen LogP) is 4.53. The van der Waals surface area contributed by atoms with E-state index in [4.69, 9.17) is 16.9 Å². The molecule has 1 aromatic heterocycles. The molecule has 0 aliphatic carbocycles. The lowest BCUT2D eigenvalue weighted by molar-refractivity contribution is 0.959. The van der Waals surface area contributed by atoms with Gasteiger partial charge in [0.2, 0.25) is 0 Å². The van der Waals surface area contributed by atoms with E-state index in [1.54, 1.807) is 6.07 Å². The maximum absolute atomic E-state index is 8.99. The van der Waals surface area contributed by atoms with Crippen LogP contribution in [0.1, 0.15) is 5.56 Å². The molecule has 3 nitrogen and oxygen atoms in total. The monoisotopic (exact) mass is 345 g/mol. The molecule has 5 heteroatoms. The number of imidazole rings is 1. The highest BCUT2D eigenvalue weighted by Gasteiger charge is 2.14. The van der Waals surface area contributed by atoms with Gasteiger partial charge in [-0.25, -0.2) is 4.98 Å². The van der Waals surface area contributed by atoms with E-state index in [1.165, 1.54) is 0 Å². The first-order chi connectivity index (χ1) is 9.61. The number of halogens is 2. The van der Waals surface area contributed by atoms with Crippen molar-refractivity contribution in [2.45, 2.75) is 0 Å². The first-order valence-electron chi connectivity index (χ1n) is 5.93. The van der Waals surface area contributed by atoms with Gasteiger partial charge in [-0.2, -0.15) is 5.26 Å². The van der Waals surface area contributed by atoms with Gasteiger partial charge in [0.15, 0.2) is 0 Å². The van der Waals surface area contributed by atoms with Gasteiger partial charge in [-0.3, -0.25) is 0 Å². The molecule has 0 radical (unpaired) electrons. The van der Waals surface area contributed by atoms with Crippen molar-refractivity contribution in [2.24, 2.45) is 7.05 Å². The molecule has 2 aromatic carbocycles. The minimum atomic E-state index is 0.618. The number of aromatic nitrogens is 2. The highest BCUT2D eigenvalue weighted by molar-refractivity contribution is 9.10. The summed E-state index contributed by atoms with van der Waals surface area (Å²) in [5.41, 5.74) is 3.23. The number of aryl methyl sites for hydroxylation is 1. The normalized spacial score (nSPS) is 10.7. The zero-order valence-corrected chi connectivity index (χ0v) is 12.9. The van der Waals surface area contributed by atoms with Gasteiger partial charge >= 0.3 is 0 Å². The molecule has 0 bridgehead atoms. The summed E-state index contributed by atoms with van der Waals surface area (Å²) in [5, 5.41) is 9.62. The van der Waals surface area contributed by atoms with Crippen LogP contribution in [0, 0.1) is 11.3 Å². The molecule has 0 unspecified atom stereocenters. The molecule has 0 fully saturated rings. The van der Waals surface area contributed by atoms with Crippen molar-refractivity contribution in [3.05, 3.63) is 51.5 Å². The molecule has 98 valence electrons. The predicted molar refractivity (Wildman–Crippen MR) is 83.6 cm³/mol. The Morgan fingerprint density at radius 2 is 2.10 bits per heavy atom. The minimum Gasteiger partial charge on any atom is -0.327 e. The van der Waals surface area contributed by atoms with Crippen LogP contribution in [0.5, 0.6) is 0 Å². The Hall–Kier alpha value is -1.83. The molecule has 0 aliphatic heterocycles. The average Bonchev–Trinajstić information content (AvgIpc) is 2.78. The molecule has 1 heterocycles. The van der Waals surface area contributed by atoms with Crippen LogP contribution < -0.4 is 0 Å². The summed E-state index contributed by atoms with van der Waals surface area (Å²) >= 11 is 9.76. The fourth-order valence-electron chi connectivity index (χ4n) is 2.18. The molecule has 0 amide bonds. The van der Waals surface area contributed by atoms with Crippen molar-refractivity contribution >= 4 is 38.6 Å². The summed E-state index contributed by atoms with van der Waals surface area (Å²) < 4.78 is 2.78. The summed E-state index contributed by atoms with van der Waals surface area (Å²) in [6.45, 7) is 0. The van der Waals surface area contributed by atoms with E-state index in [0.717, 1.165) is 26.9 Å². The third-order valence-corrected chi connectivity index (χ3v) is 4.50. The standard InChI is InChI=1S/C15H9BrClN3/c1-20-13-7-9(8-18)5-6-12(13)19-15(20)10-3-2-4-11(16)14(10)17/h2-7H,1H3. The summed E-state index contributed by atoms with van der Waals surface area (Å²) in [4.78, 5) is 4.61. The van der Waals surface area contributed by atoms with Crippen molar-refractivity contribution in [3.8, 4) is 17.5 Å². The van der Waals surface area contributed by atoms with Gasteiger partial charge in [-0.1, -0.05) is 17.7 Å². The molecular formula is C15H9BrClN3. The van der Waals surface area contributed by atoms with E-state index in [0.29, 0.717) is 10.6 Å². The molecule has 0 spiro atoms. The van der Waals surface area contributed by atoms with Crippen molar-refractivity contribution in [1.82, 2.24) is 9.55 Å².